The molecule has 0 fully saturated rings. The minimum Gasteiger partial charge on any atom is -0.259 e. The maximum Gasteiger partial charge on any atom is 0.0889 e. The zero-order chi connectivity index (χ0) is 11.5. The van der Waals surface area contributed by atoms with Gasteiger partial charge in [0.2, 0.25) is 0 Å². The number of nitrogens with zero attached hydrogens (tertiary/aromatic N) is 2. The zero-order valence-corrected chi connectivity index (χ0v) is 10.2. The molecule has 0 N–H and O–H groups in total. The van der Waals surface area contributed by atoms with E-state index in [9.17, 15) is 0 Å². The summed E-state index contributed by atoms with van der Waals surface area (Å²) in [6, 6.07) is 4.13. The van der Waals surface area contributed by atoms with Crippen LogP contribution in [0.2, 0.25) is 0 Å². The summed E-state index contributed by atoms with van der Waals surface area (Å²) in [6.45, 7) is 6.56. The van der Waals surface area contributed by atoms with Gasteiger partial charge in [0, 0.05) is 18.3 Å². The van der Waals surface area contributed by atoms with Gasteiger partial charge in [0.25, 0.3) is 0 Å². The van der Waals surface area contributed by atoms with Crippen molar-refractivity contribution >= 4 is 18.0 Å². The average Bonchev–Trinajstić information content (AvgIpc) is 2.49. The molecular formula is C14H18N2. The number of rotatable bonds is 2. The van der Waals surface area contributed by atoms with Gasteiger partial charge >= 0.3 is 0 Å². The Morgan fingerprint density at radius 1 is 1.31 bits per heavy atom. The van der Waals surface area contributed by atoms with E-state index < -0.39 is 0 Å². The van der Waals surface area contributed by atoms with Crippen molar-refractivity contribution in [2.45, 2.75) is 33.6 Å². The summed E-state index contributed by atoms with van der Waals surface area (Å²) >= 11 is 0. The number of fused-ring (bicyclic) bond motifs is 1. The summed E-state index contributed by atoms with van der Waals surface area (Å²) in [7, 11) is 0. The van der Waals surface area contributed by atoms with Crippen molar-refractivity contribution in [3.63, 3.8) is 0 Å². The summed E-state index contributed by atoms with van der Waals surface area (Å²) in [5, 5.41) is 0. The molecule has 2 rings (SSSR count). The van der Waals surface area contributed by atoms with Crippen LogP contribution in [0, 0.1) is 5.92 Å². The van der Waals surface area contributed by atoms with Gasteiger partial charge in [-0.25, -0.2) is 0 Å². The number of pyridine rings is 1. The molecule has 0 unspecified atom stereocenters. The molecule has 0 aliphatic carbocycles. The number of allylic oxidation sites excluding steroid dienone is 1. The van der Waals surface area contributed by atoms with Gasteiger partial charge in [0.1, 0.15) is 0 Å². The molecular weight excluding hydrogens is 196 g/mol. The molecule has 0 radical (unpaired) electrons. The first-order valence-corrected chi connectivity index (χ1v) is 5.93. The van der Waals surface area contributed by atoms with Crippen molar-refractivity contribution in [2.75, 3.05) is 0 Å². The quantitative estimate of drug-likeness (QED) is 0.735. The molecule has 0 spiro atoms. The van der Waals surface area contributed by atoms with E-state index in [0.29, 0.717) is 5.92 Å². The lowest BCUT2D eigenvalue weighted by atomic mass is 9.99. The Kier molecular flexibility index (Phi) is 3.18. The Hall–Kier alpha value is -1.44. The largest absolute Gasteiger partial charge is 0.259 e. The number of aromatic nitrogens is 1. The third-order valence-corrected chi connectivity index (χ3v) is 2.94. The van der Waals surface area contributed by atoms with Crippen LogP contribution in [-0.2, 0) is 6.42 Å². The highest BCUT2D eigenvalue weighted by Crippen LogP contribution is 2.26. The lowest BCUT2D eigenvalue weighted by Gasteiger charge is -2.07. The van der Waals surface area contributed by atoms with Crippen LogP contribution in [0.4, 0.5) is 5.69 Å². The smallest absolute Gasteiger partial charge is 0.0889 e. The maximum absolute atomic E-state index is 4.63. The van der Waals surface area contributed by atoms with Crippen molar-refractivity contribution in [1.29, 1.82) is 0 Å². The van der Waals surface area contributed by atoms with Crippen LogP contribution in [0.15, 0.2) is 22.7 Å². The van der Waals surface area contributed by atoms with Crippen molar-refractivity contribution < 1.29 is 0 Å². The van der Waals surface area contributed by atoms with E-state index in [0.717, 1.165) is 29.9 Å². The van der Waals surface area contributed by atoms with Crippen molar-refractivity contribution in [1.82, 2.24) is 4.98 Å². The Morgan fingerprint density at radius 2 is 2.12 bits per heavy atom. The van der Waals surface area contributed by atoms with Crippen LogP contribution < -0.4 is 0 Å². The SMILES string of the molecule is CCc1ccc2c(n1)C=C(C(C)C)CC=N2. The first-order chi connectivity index (χ1) is 7.70. The normalized spacial score (nSPS) is 14.6. The van der Waals surface area contributed by atoms with Gasteiger partial charge in [-0.2, -0.15) is 0 Å². The molecule has 2 heteroatoms. The van der Waals surface area contributed by atoms with E-state index in [4.69, 9.17) is 0 Å². The molecule has 2 nitrogen and oxygen atoms in total. The highest BCUT2D eigenvalue weighted by atomic mass is 14.8. The Balaban J connectivity index is 2.48. The molecule has 1 aromatic rings. The number of aryl methyl sites for hydroxylation is 1. The maximum atomic E-state index is 4.63. The summed E-state index contributed by atoms with van der Waals surface area (Å²) in [5.41, 5.74) is 4.56. The lowest BCUT2D eigenvalue weighted by molar-refractivity contribution is 0.763. The van der Waals surface area contributed by atoms with E-state index in [1.807, 2.05) is 6.21 Å². The number of hydrogen-bond acceptors (Lipinski definition) is 2. The number of hydrogen-bond donors (Lipinski definition) is 0. The molecule has 2 heterocycles. The first kappa shape index (κ1) is 11.1. The molecule has 1 aliphatic heterocycles. The van der Waals surface area contributed by atoms with Crippen LogP contribution in [0.5, 0.6) is 0 Å². The standard InChI is InChI=1S/C14H18N2/c1-4-12-5-6-13-14(16-12)9-11(10(2)3)7-8-15-13/h5-6,8-10H,4,7H2,1-3H3. The summed E-state index contributed by atoms with van der Waals surface area (Å²) < 4.78 is 0. The van der Waals surface area contributed by atoms with Crippen molar-refractivity contribution in [3.05, 3.63) is 29.1 Å². The third-order valence-electron chi connectivity index (χ3n) is 2.94. The van der Waals surface area contributed by atoms with E-state index >= 15 is 0 Å². The molecule has 0 aromatic carbocycles. The van der Waals surface area contributed by atoms with E-state index in [1.54, 1.807) is 0 Å². The fourth-order valence-electron chi connectivity index (χ4n) is 1.81. The van der Waals surface area contributed by atoms with Crippen LogP contribution >= 0.6 is 0 Å². The molecule has 84 valence electrons. The van der Waals surface area contributed by atoms with Crippen LogP contribution in [0.3, 0.4) is 0 Å². The van der Waals surface area contributed by atoms with E-state index in [1.165, 1.54) is 5.57 Å². The van der Waals surface area contributed by atoms with Crippen LogP contribution in [0.1, 0.15) is 38.6 Å². The van der Waals surface area contributed by atoms with Gasteiger partial charge < -0.3 is 0 Å². The summed E-state index contributed by atoms with van der Waals surface area (Å²) in [6.07, 6.45) is 6.11. The fourth-order valence-corrected chi connectivity index (χ4v) is 1.81. The monoisotopic (exact) mass is 214 g/mol. The average molecular weight is 214 g/mol. The zero-order valence-electron chi connectivity index (χ0n) is 10.2. The van der Waals surface area contributed by atoms with Gasteiger partial charge in [-0.15, -0.1) is 0 Å². The molecule has 16 heavy (non-hydrogen) atoms. The molecule has 0 bridgehead atoms. The second-order valence-corrected chi connectivity index (χ2v) is 4.45. The van der Waals surface area contributed by atoms with Crippen molar-refractivity contribution in [3.8, 4) is 0 Å². The molecule has 1 aliphatic rings. The highest BCUT2D eigenvalue weighted by molar-refractivity contribution is 5.76. The van der Waals surface area contributed by atoms with E-state index in [-0.39, 0.29) is 0 Å². The molecule has 0 atom stereocenters. The minimum atomic E-state index is 0.560. The van der Waals surface area contributed by atoms with Crippen LogP contribution in [-0.4, -0.2) is 11.2 Å². The topological polar surface area (TPSA) is 25.2 Å². The predicted octanol–water partition coefficient (Wildman–Crippen LogP) is 3.79. The van der Waals surface area contributed by atoms with Crippen LogP contribution in [0.25, 0.3) is 6.08 Å². The summed E-state index contributed by atoms with van der Waals surface area (Å²) in [5.74, 6) is 0.560. The van der Waals surface area contributed by atoms with Gasteiger partial charge in [-0.1, -0.05) is 26.3 Å². The Labute approximate surface area is 97.1 Å². The van der Waals surface area contributed by atoms with Gasteiger partial charge in [0.05, 0.1) is 11.4 Å². The number of aliphatic imine (C=N–C) groups is 1. The second-order valence-electron chi connectivity index (χ2n) is 4.45. The first-order valence-electron chi connectivity index (χ1n) is 5.93. The summed E-state index contributed by atoms with van der Waals surface area (Å²) in [4.78, 5) is 9.09. The van der Waals surface area contributed by atoms with E-state index in [2.05, 4.69) is 49.0 Å². The lowest BCUT2D eigenvalue weighted by Crippen LogP contribution is -1.95. The van der Waals surface area contributed by atoms with Crippen molar-refractivity contribution in [2.24, 2.45) is 10.9 Å². The second kappa shape index (κ2) is 4.60. The molecule has 0 saturated heterocycles. The predicted molar refractivity (Wildman–Crippen MR) is 69.2 cm³/mol. The molecule has 1 aromatic heterocycles. The fraction of sp³-hybridized carbons (Fsp3) is 0.429. The van der Waals surface area contributed by atoms with Gasteiger partial charge in [0.15, 0.2) is 0 Å². The highest BCUT2D eigenvalue weighted by Gasteiger charge is 2.09. The third kappa shape index (κ3) is 2.21. The van der Waals surface area contributed by atoms with Gasteiger partial charge in [-0.3, -0.25) is 9.98 Å². The molecule has 0 saturated carbocycles. The minimum absolute atomic E-state index is 0.560. The van der Waals surface area contributed by atoms with Gasteiger partial charge in [-0.05, 0) is 30.5 Å². The molecule has 0 amide bonds. The Bertz CT molecular complexity index is 442. The Morgan fingerprint density at radius 3 is 2.81 bits per heavy atom.